The normalized spacial score (nSPS) is 17.0. The van der Waals surface area contributed by atoms with E-state index >= 15 is 0 Å². The van der Waals surface area contributed by atoms with Crippen LogP contribution in [0.3, 0.4) is 0 Å². The maximum atomic E-state index is 12.5. The fourth-order valence-corrected chi connectivity index (χ4v) is 2.79. The van der Waals surface area contributed by atoms with E-state index in [0.29, 0.717) is 30.8 Å². The van der Waals surface area contributed by atoms with Gasteiger partial charge < -0.3 is 19.7 Å². The second-order valence-corrected chi connectivity index (χ2v) is 6.12. The smallest absolute Gasteiger partial charge is 0.328 e. The van der Waals surface area contributed by atoms with E-state index in [0.717, 1.165) is 0 Å². The number of likely N-dealkylation sites (tertiary alicyclic amines) is 1. The van der Waals surface area contributed by atoms with Crippen LogP contribution in [-0.4, -0.2) is 55.2 Å². The Morgan fingerprint density at radius 3 is 2.81 bits per heavy atom. The van der Waals surface area contributed by atoms with Crippen molar-refractivity contribution in [1.82, 2.24) is 15.6 Å². The molecular formula is C18H26N4O5. The van der Waals surface area contributed by atoms with Crippen LogP contribution in [0.25, 0.3) is 0 Å². The Morgan fingerprint density at radius 2 is 2.11 bits per heavy atom. The minimum atomic E-state index is -0.781. The van der Waals surface area contributed by atoms with Crippen molar-refractivity contribution < 1.29 is 23.9 Å². The zero-order valence-corrected chi connectivity index (χ0v) is 15.8. The van der Waals surface area contributed by atoms with Crippen molar-refractivity contribution in [2.45, 2.75) is 38.8 Å². The lowest BCUT2D eigenvalue weighted by Gasteiger charge is -2.25. The number of carbonyl (C=O) groups excluding carboxylic acids is 3. The molecule has 2 atom stereocenters. The second kappa shape index (κ2) is 9.65. The first-order valence-corrected chi connectivity index (χ1v) is 8.90. The Morgan fingerprint density at radius 1 is 1.33 bits per heavy atom. The van der Waals surface area contributed by atoms with E-state index in [1.54, 1.807) is 45.2 Å². The van der Waals surface area contributed by atoms with Gasteiger partial charge in [0.25, 0.3) is 5.91 Å². The molecule has 9 nitrogen and oxygen atoms in total. The molecule has 1 fully saturated rings. The first-order valence-electron chi connectivity index (χ1n) is 8.90. The number of hydrogen-bond donors (Lipinski definition) is 3. The molecule has 27 heavy (non-hydrogen) atoms. The molecule has 0 saturated carbocycles. The third-order valence-electron chi connectivity index (χ3n) is 4.20. The number of methoxy groups -OCH3 is 1. The number of benzene rings is 1. The number of hydrogen-bond acceptors (Lipinski definition) is 6. The number of amides is 3. The summed E-state index contributed by atoms with van der Waals surface area (Å²) >= 11 is 0. The molecule has 1 aliphatic heterocycles. The zero-order valence-electron chi connectivity index (χ0n) is 15.8. The molecule has 0 spiro atoms. The number of carbonyl (C=O) groups is 3. The second-order valence-electron chi connectivity index (χ2n) is 6.12. The minimum absolute atomic E-state index is 0.240. The number of nitrogens with zero attached hydrogens (tertiary/aromatic N) is 1. The number of anilines is 1. The fourth-order valence-electron chi connectivity index (χ4n) is 2.79. The van der Waals surface area contributed by atoms with Gasteiger partial charge in [-0.2, -0.15) is 0 Å². The molecule has 1 aliphatic rings. The predicted molar refractivity (Wildman–Crippen MR) is 99.1 cm³/mol. The molecule has 1 aromatic carbocycles. The molecule has 1 aromatic rings. The molecule has 3 amide bonds. The van der Waals surface area contributed by atoms with Crippen molar-refractivity contribution >= 4 is 23.6 Å². The van der Waals surface area contributed by atoms with Crippen molar-refractivity contribution in [3.63, 3.8) is 0 Å². The van der Waals surface area contributed by atoms with E-state index in [1.807, 2.05) is 0 Å². The summed E-state index contributed by atoms with van der Waals surface area (Å²) in [5.74, 6) is -0.177. The molecule has 0 aliphatic carbocycles. The maximum Gasteiger partial charge on any atom is 0.328 e. The van der Waals surface area contributed by atoms with Gasteiger partial charge in [0.1, 0.15) is 17.8 Å². The highest BCUT2D eigenvalue weighted by molar-refractivity contribution is 5.90. The van der Waals surface area contributed by atoms with Crippen molar-refractivity contribution in [1.29, 1.82) is 0 Å². The molecule has 0 radical (unpaired) electrons. The summed E-state index contributed by atoms with van der Waals surface area (Å²) in [5.41, 5.74) is 6.09. The Labute approximate surface area is 158 Å². The van der Waals surface area contributed by atoms with Crippen LogP contribution in [0.15, 0.2) is 24.3 Å². The summed E-state index contributed by atoms with van der Waals surface area (Å²) in [7, 11) is 1.56. The summed E-state index contributed by atoms with van der Waals surface area (Å²) in [4.78, 5) is 38.0. The standard InChI is InChI=1S/C18H26N4O5/c1-4-27-17(24)12(2)19-18(25)22-10-6-9-15(22)16(23)21-20-13-7-5-8-14(11-13)26-3/h5,7-8,11-12,15,20H,4,6,9-10H2,1-3H3,(H,19,25)(H,21,23)/t12-,15?/m0/s1. The summed E-state index contributed by atoms with van der Waals surface area (Å²) in [6, 6.07) is 5.24. The van der Waals surface area contributed by atoms with E-state index in [9.17, 15) is 14.4 Å². The summed E-state index contributed by atoms with van der Waals surface area (Å²) in [6.07, 6.45) is 1.26. The highest BCUT2D eigenvalue weighted by atomic mass is 16.5. The van der Waals surface area contributed by atoms with Gasteiger partial charge in [0.15, 0.2) is 0 Å². The molecule has 0 aromatic heterocycles. The third-order valence-corrected chi connectivity index (χ3v) is 4.20. The zero-order chi connectivity index (χ0) is 19.8. The lowest BCUT2D eigenvalue weighted by molar-refractivity contribution is -0.144. The van der Waals surface area contributed by atoms with Crippen LogP contribution >= 0.6 is 0 Å². The first kappa shape index (κ1) is 20.3. The molecule has 1 unspecified atom stereocenters. The van der Waals surface area contributed by atoms with Crippen molar-refractivity contribution in [3.8, 4) is 5.75 Å². The number of hydrazine groups is 1. The lowest BCUT2D eigenvalue weighted by atomic mass is 10.2. The topological polar surface area (TPSA) is 109 Å². The Balaban J connectivity index is 1.91. The highest BCUT2D eigenvalue weighted by Crippen LogP contribution is 2.19. The number of esters is 1. The van der Waals surface area contributed by atoms with Gasteiger partial charge in [0.05, 0.1) is 19.4 Å². The number of nitrogens with one attached hydrogen (secondary N) is 3. The van der Waals surface area contributed by atoms with E-state index in [-0.39, 0.29) is 12.5 Å². The third kappa shape index (κ3) is 5.50. The van der Waals surface area contributed by atoms with Crippen LogP contribution in [0.4, 0.5) is 10.5 Å². The Bertz CT molecular complexity index is 681. The van der Waals surface area contributed by atoms with Gasteiger partial charge in [-0.25, -0.2) is 9.59 Å². The monoisotopic (exact) mass is 378 g/mol. The summed E-state index contributed by atoms with van der Waals surface area (Å²) < 4.78 is 10.0. The molecular weight excluding hydrogens is 352 g/mol. The Kier molecular flexibility index (Phi) is 7.27. The van der Waals surface area contributed by atoms with E-state index < -0.39 is 24.1 Å². The van der Waals surface area contributed by atoms with Gasteiger partial charge >= 0.3 is 12.0 Å². The van der Waals surface area contributed by atoms with Crippen LogP contribution in [0.2, 0.25) is 0 Å². The Hall–Kier alpha value is -2.97. The summed E-state index contributed by atoms with van der Waals surface area (Å²) in [5, 5.41) is 2.58. The average Bonchev–Trinajstić information content (AvgIpc) is 3.16. The molecule has 3 N–H and O–H groups in total. The van der Waals surface area contributed by atoms with Gasteiger partial charge in [-0.05, 0) is 38.8 Å². The SMILES string of the molecule is CCOC(=O)[C@H](C)NC(=O)N1CCCC1C(=O)NNc1cccc(OC)c1. The van der Waals surface area contributed by atoms with Gasteiger partial charge in [-0.3, -0.25) is 15.6 Å². The van der Waals surface area contributed by atoms with Gasteiger partial charge in [-0.15, -0.1) is 0 Å². The average molecular weight is 378 g/mol. The predicted octanol–water partition coefficient (Wildman–Crippen LogP) is 1.26. The lowest BCUT2D eigenvalue weighted by Crippen LogP contribution is -2.53. The van der Waals surface area contributed by atoms with Gasteiger partial charge in [0.2, 0.25) is 0 Å². The fraction of sp³-hybridized carbons (Fsp3) is 0.500. The van der Waals surface area contributed by atoms with Gasteiger partial charge in [-0.1, -0.05) is 6.07 Å². The van der Waals surface area contributed by atoms with Crippen LogP contribution in [0.5, 0.6) is 5.75 Å². The van der Waals surface area contributed by atoms with Crippen LogP contribution < -0.4 is 20.9 Å². The molecule has 1 heterocycles. The van der Waals surface area contributed by atoms with E-state index in [1.165, 1.54) is 4.90 Å². The summed E-state index contributed by atoms with van der Waals surface area (Å²) in [6.45, 7) is 3.93. The highest BCUT2D eigenvalue weighted by Gasteiger charge is 2.35. The van der Waals surface area contributed by atoms with Gasteiger partial charge in [0, 0.05) is 12.6 Å². The van der Waals surface area contributed by atoms with Crippen molar-refractivity contribution in [2.75, 3.05) is 25.7 Å². The molecule has 148 valence electrons. The molecule has 9 heteroatoms. The maximum absolute atomic E-state index is 12.5. The number of urea groups is 1. The molecule has 2 rings (SSSR count). The first-order chi connectivity index (χ1) is 13.0. The minimum Gasteiger partial charge on any atom is -0.497 e. The van der Waals surface area contributed by atoms with Crippen LogP contribution in [-0.2, 0) is 14.3 Å². The molecule has 0 bridgehead atoms. The number of ether oxygens (including phenoxy) is 2. The van der Waals surface area contributed by atoms with Crippen molar-refractivity contribution in [2.24, 2.45) is 0 Å². The number of rotatable bonds is 7. The largest absolute Gasteiger partial charge is 0.497 e. The van der Waals surface area contributed by atoms with E-state index in [4.69, 9.17) is 9.47 Å². The van der Waals surface area contributed by atoms with E-state index in [2.05, 4.69) is 16.2 Å². The van der Waals surface area contributed by atoms with Crippen molar-refractivity contribution in [3.05, 3.63) is 24.3 Å². The van der Waals surface area contributed by atoms with Crippen LogP contribution in [0.1, 0.15) is 26.7 Å². The van der Waals surface area contributed by atoms with Crippen LogP contribution in [0, 0.1) is 0 Å². The molecule has 1 saturated heterocycles. The quantitative estimate of drug-likeness (QED) is 0.487.